The van der Waals surface area contributed by atoms with Crippen LogP contribution in [0.15, 0.2) is 30.6 Å². The van der Waals surface area contributed by atoms with E-state index in [2.05, 4.69) is 19.9 Å². The molecule has 0 spiro atoms. The molecule has 26 heavy (non-hydrogen) atoms. The van der Waals surface area contributed by atoms with Gasteiger partial charge < -0.3 is 9.72 Å². The topological polar surface area (TPSA) is 54.0 Å². The van der Waals surface area contributed by atoms with Gasteiger partial charge in [-0.2, -0.15) is 0 Å². The molecule has 1 N–H and O–H groups in total. The first-order valence-corrected chi connectivity index (χ1v) is 9.11. The van der Waals surface area contributed by atoms with Gasteiger partial charge >= 0.3 is 0 Å². The third-order valence-corrected chi connectivity index (χ3v) is 4.96. The number of H-pyrrole nitrogens is 1. The Hall–Kier alpha value is -1.82. The Morgan fingerprint density at radius 2 is 2.00 bits per heavy atom. The highest BCUT2D eigenvalue weighted by molar-refractivity contribution is 6.34. The largest absolute Gasteiger partial charge is 0.492 e. The van der Waals surface area contributed by atoms with E-state index in [-0.39, 0.29) is 12.7 Å². The van der Waals surface area contributed by atoms with E-state index in [0.29, 0.717) is 17.3 Å². The molecule has 3 heterocycles. The van der Waals surface area contributed by atoms with E-state index in [1.807, 2.05) is 24.4 Å². The lowest BCUT2D eigenvalue weighted by Crippen LogP contribution is -2.25. The molecule has 1 aliphatic heterocycles. The third kappa shape index (κ3) is 3.95. The number of nitrogens with one attached hydrogen (secondary N) is 1. The third-order valence-electron chi connectivity index (χ3n) is 4.50. The van der Waals surface area contributed by atoms with E-state index in [4.69, 9.17) is 27.9 Å². The van der Waals surface area contributed by atoms with Crippen LogP contribution in [0.1, 0.15) is 20.3 Å². The number of benzene rings is 1. The molecule has 0 saturated carbocycles. The van der Waals surface area contributed by atoms with Crippen LogP contribution in [0.3, 0.4) is 0 Å². The molecular formula is C19H22Cl2N4O. The second kappa shape index (κ2) is 8.25. The maximum atomic E-state index is 6.22. The van der Waals surface area contributed by atoms with Gasteiger partial charge in [-0.1, -0.05) is 19.0 Å². The van der Waals surface area contributed by atoms with Crippen LogP contribution in [-0.4, -0.2) is 46.1 Å². The van der Waals surface area contributed by atoms with E-state index in [1.54, 1.807) is 0 Å². The van der Waals surface area contributed by atoms with E-state index in [1.165, 1.54) is 32.1 Å². The van der Waals surface area contributed by atoms with Crippen molar-refractivity contribution in [2.45, 2.75) is 20.3 Å². The first kappa shape index (κ1) is 19.0. The molecule has 1 saturated heterocycles. The van der Waals surface area contributed by atoms with Crippen LogP contribution in [0.5, 0.6) is 5.75 Å². The average Bonchev–Trinajstić information content (AvgIpc) is 3.26. The molecule has 0 amide bonds. The Morgan fingerprint density at radius 3 is 2.81 bits per heavy atom. The molecule has 0 unspecified atom stereocenters. The van der Waals surface area contributed by atoms with Gasteiger partial charge in [0.25, 0.3) is 0 Å². The molecule has 7 heteroatoms. The van der Waals surface area contributed by atoms with Crippen molar-refractivity contribution in [2.75, 3.05) is 26.2 Å². The molecule has 138 valence electrons. The van der Waals surface area contributed by atoms with Crippen molar-refractivity contribution in [2.24, 2.45) is 0 Å². The zero-order valence-electron chi connectivity index (χ0n) is 13.6. The number of rotatable bonds is 5. The van der Waals surface area contributed by atoms with Gasteiger partial charge in [-0.25, -0.2) is 9.97 Å². The van der Waals surface area contributed by atoms with Crippen LogP contribution in [-0.2, 0) is 0 Å². The fourth-order valence-corrected chi connectivity index (χ4v) is 3.55. The minimum Gasteiger partial charge on any atom is -0.492 e. The van der Waals surface area contributed by atoms with Crippen LogP contribution in [0.25, 0.3) is 22.2 Å². The average molecular weight is 393 g/mol. The van der Waals surface area contributed by atoms with Crippen LogP contribution in [0, 0.1) is 0 Å². The predicted molar refractivity (Wildman–Crippen MR) is 107 cm³/mol. The van der Waals surface area contributed by atoms with Gasteiger partial charge in [0.15, 0.2) is 0 Å². The van der Waals surface area contributed by atoms with E-state index in [9.17, 15) is 0 Å². The van der Waals surface area contributed by atoms with Gasteiger partial charge in [-0.05, 0) is 49.7 Å². The maximum absolute atomic E-state index is 6.22. The second-order valence-electron chi connectivity index (χ2n) is 6.14. The molecule has 0 aliphatic carbocycles. The van der Waals surface area contributed by atoms with Gasteiger partial charge in [0.2, 0.25) is 5.28 Å². The summed E-state index contributed by atoms with van der Waals surface area (Å²) in [4.78, 5) is 13.8. The van der Waals surface area contributed by atoms with E-state index < -0.39 is 0 Å². The van der Waals surface area contributed by atoms with Gasteiger partial charge in [0.1, 0.15) is 12.4 Å². The number of ether oxygens (including phenoxy) is 1. The standard InChI is InChI=1S/C18H18Cl2N4O.CH4/c19-15-11-22-18(20)23-17(15)14-10-21-16-9-12(3-4-13(14)16)25-8-7-24-5-1-2-6-24;/h3-4,9-11,21H,1-2,5-8H2;1H4. The number of fused-ring (bicyclic) bond motifs is 1. The SMILES string of the molecule is C.Clc1ncc(Cl)c(-c2c[nH]c3cc(OCCN4CCCC4)ccc23)n1. The Bertz CT molecular complexity index is 890. The summed E-state index contributed by atoms with van der Waals surface area (Å²) < 4.78 is 5.90. The van der Waals surface area contributed by atoms with Crippen molar-refractivity contribution in [3.05, 3.63) is 40.9 Å². The molecule has 4 rings (SSSR count). The maximum Gasteiger partial charge on any atom is 0.222 e. The van der Waals surface area contributed by atoms with Crippen LogP contribution in [0.4, 0.5) is 0 Å². The highest BCUT2D eigenvalue weighted by atomic mass is 35.5. The molecule has 0 bridgehead atoms. The summed E-state index contributed by atoms with van der Waals surface area (Å²) in [5, 5.41) is 1.66. The Labute approximate surface area is 163 Å². The van der Waals surface area contributed by atoms with Gasteiger partial charge in [0.05, 0.1) is 16.9 Å². The van der Waals surface area contributed by atoms with Crippen LogP contribution < -0.4 is 4.74 Å². The number of hydrogen-bond acceptors (Lipinski definition) is 4. The van der Waals surface area contributed by atoms with Crippen molar-refractivity contribution in [3.63, 3.8) is 0 Å². The summed E-state index contributed by atoms with van der Waals surface area (Å²) in [5.41, 5.74) is 2.49. The molecule has 5 nitrogen and oxygen atoms in total. The lowest BCUT2D eigenvalue weighted by molar-refractivity contribution is 0.238. The Kier molecular flexibility index (Phi) is 6.01. The van der Waals surface area contributed by atoms with Crippen molar-refractivity contribution >= 4 is 34.1 Å². The normalized spacial score (nSPS) is 14.5. The van der Waals surface area contributed by atoms with Crippen molar-refractivity contribution in [1.29, 1.82) is 0 Å². The van der Waals surface area contributed by atoms with E-state index in [0.717, 1.165) is 28.8 Å². The molecule has 2 aromatic heterocycles. The molecule has 1 aliphatic rings. The smallest absolute Gasteiger partial charge is 0.222 e. The zero-order valence-corrected chi connectivity index (χ0v) is 15.1. The van der Waals surface area contributed by atoms with Crippen LogP contribution >= 0.6 is 23.2 Å². The summed E-state index contributed by atoms with van der Waals surface area (Å²) in [6.45, 7) is 4.05. The quantitative estimate of drug-likeness (QED) is 0.617. The van der Waals surface area contributed by atoms with Crippen LogP contribution in [0.2, 0.25) is 10.3 Å². The van der Waals surface area contributed by atoms with E-state index >= 15 is 0 Å². The summed E-state index contributed by atoms with van der Waals surface area (Å²) in [7, 11) is 0. The van der Waals surface area contributed by atoms with Gasteiger partial charge in [0, 0.05) is 35.3 Å². The minimum atomic E-state index is 0. The van der Waals surface area contributed by atoms with Crippen molar-refractivity contribution in [1.82, 2.24) is 19.9 Å². The minimum absolute atomic E-state index is 0. The Morgan fingerprint density at radius 1 is 1.19 bits per heavy atom. The molecule has 1 fully saturated rings. The summed E-state index contributed by atoms with van der Waals surface area (Å²) in [5.74, 6) is 0.854. The number of halogens is 2. The van der Waals surface area contributed by atoms with Gasteiger partial charge in [-0.15, -0.1) is 0 Å². The lowest BCUT2D eigenvalue weighted by Gasteiger charge is -2.14. The first-order chi connectivity index (χ1) is 12.2. The number of hydrogen-bond donors (Lipinski definition) is 1. The molecule has 0 radical (unpaired) electrons. The lowest BCUT2D eigenvalue weighted by atomic mass is 10.1. The number of likely N-dealkylation sites (tertiary alicyclic amines) is 1. The summed E-state index contributed by atoms with van der Waals surface area (Å²) >= 11 is 12.1. The second-order valence-corrected chi connectivity index (χ2v) is 6.89. The van der Waals surface area contributed by atoms with Gasteiger partial charge in [-0.3, -0.25) is 4.90 Å². The Balaban J connectivity index is 0.00000196. The van der Waals surface area contributed by atoms with Crippen molar-refractivity contribution in [3.8, 4) is 17.0 Å². The first-order valence-electron chi connectivity index (χ1n) is 8.35. The number of nitrogens with zero attached hydrogens (tertiary/aromatic N) is 3. The predicted octanol–water partition coefficient (Wildman–Crippen LogP) is 5.04. The summed E-state index contributed by atoms with van der Waals surface area (Å²) in [6.07, 6.45) is 5.99. The molecule has 0 atom stereocenters. The summed E-state index contributed by atoms with van der Waals surface area (Å²) in [6, 6.07) is 5.98. The van der Waals surface area contributed by atoms with Crippen molar-refractivity contribution < 1.29 is 4.74 Å². The fraction of sp³-hybridized carbons (Fsp3) is 0.368. The molecule has 1 aromatic carbocycles. The number of aromatic amines is 1. The zero-order chi connectivity index (χ0) is 17.2. The molecular weight excluding hydrogens is 371 g/mol. The fourth-order valence-electron chi connectivity index (χ4n) is 3.22. The monoisotopic (exact) mass is 392 g/mol. The highest BCUT2D eigenvalue weighted by Gasteiger charge is 2.14. The highest BCUT2D eigenvalue weighted by Crippen LogP contribution is 2.33. The number of aromatic nitrogens is 3. The molecule has 3 aromatic rings.